The van der Waals surface area contributed by atoms with Gasteiger partial charge < -0.3 is 25.4 Å². The van der Waals surface area contributed by atoms with Crippen molar-refractivity contribution in [3.05, 3.63) is 65.7 Å². The van der Waals surface area contributed by atoms with Gasteiger partial charge in [0.2, 0.25) is 11.8 Å². The van der Waals surface area contributed by atoms with Crippen LogP contribution in [0.4, 0.5) is 4.79 Å². The first kappa shape index (κ1) is 28.0. The number of ether oxygens (including phenoxy) is 1. The Morgan fingerprint density at radius 3 is 2.34 bits per heavy atom. The quantitative estimate of drug-likeness (QED) is 0.370. The molecule has 2 aromatic carbocycles. The molecule has 2 unspecified atom stereocenters. The predicted octanol–water partition coefficient (Wildman–Crippen LogP) is 3.81. The van der Waals surface area contributed by atoms with Crippen molar-refractivity contribution in [3.63, 3.8) is 0 Å². The van der Waals surface area contributed by atoms with Gasteiger partial charge in [0.05, 0.1) is 0 Å². The molecule has 0 aliphatic carbocycles. The molecule has 0 radical (unpaired) electrons. The summed E-state index contributed by atoms with van der Waals surface area (Å²) in [6.07, 6.45) is -0.178. The van der Waals surface area contributed by atoms with Crippen LogP contribution in [-0.2, 0) is 20.9 Å². The van der Waals surface area contributed by atoms with Gasteiger partial charge >= 0.3 is 6.09 Å². The number of hydrogen-bond donors (Lipinski definition) is 4. The van der Waals surface area contributed by atoms with Crippen LogP contribution in [0.2, 0.25) is 0 Å². The molecule has 0 heterocycles. The van der Waals surface area contributed by atoms with Crippen molar-refractivity contribution in [2.45, 2.75) is 58.3 Å². The van der Waals surface area contributed by atoms with Crippen LogP contribution in [0.3, 0.4) is 0 Å². The summed E-state index contributed by atoms with van der Waals surface area (Å²) in [5.41, 5.74) is 0.620. The van der Waals surface area contributed by atoms with Gasteiger partial charge in [0, 0.05) is 18.8 Å². The third-order valence-electron chi connectivity index (χ3n) is 4.97. The van der Waals surface area contributed by atoms with Crippen molar-refractivity contribution in [2.75, 3.05) is 12.3 Å². The van der Waals surface area contributed by atoms with E-state index in [0.29, 0.717) is 12.0 Å². The molecule has 8 nitrogen and oxygen atoms in total. The summed E-state index contributed by atoms with van der Waals surface area (Å²) in [5.74, 6) is -0.895. The van der Waals surface area contributed by atoms with E-state index in [1.165, 1.54) is 17.0 Å². The molecule has 0 saturated carbocycles. The van der Waals surface area contributed by atoms with E-state index in [1.54, 1.807) is 32.9 Å². The SMILES string of the molecule is CCCN(C(=O)C(CS)NC(=O)OC(C)(C)C)C(C(=O)NCc1ccccc1)c1cccc(O)c1. The fourth-order valence-corrected chi connectivity index (χ4v) is 3.74. The first-order valence-electron chi connectivity index (χ1n) is 11.6. The number of alkyl carbamates (subject to hydrolysis) is 1. The summed E-state index contributed by atoms with van der Waals surface area (Å²) in [7, 11) is 0. The Labute approximate surface area is 212 Å². The van der Waals surface area contributed by atoms with Gasteiger partial charge in [-0.15, -0.1) is 0 Å². The number of carbonyl (C=O) groups is 3. The molecule has 3 N–H and O–H groups in total. The van der Waals surface area contributed by atoms with Gasteiger partial charge in [-0.3, -0.25) is 9.59 Å². The first-order valence-corrected chi connectivity index (χ1v) is 12.2. The standard InChI is InChI=1S/C26H35N3O5S/c1-5-14-29(24(32)21(17-35)28-25(33)34-26(2,3)4)22(19-12-9-13-20(30)15-19)23(31)27-16-18-10-7-6-8-11-18/h6-13,15,21-22,30,35H,5,14,16-17H2,1-4H3,(H,27,31)(H,28,33). The highest BCUT2D eigenvalue weighted by Gasteiger charge is 2.35. The van der Waals surface area contributed by atoms with Gasteiger partial charge in [-0.2, -0.15) is 12.6 Å². The molecular weight excluding hydrogens is 466 g/mol. The Morgan fingerprint density at radius 1 is 1.09 bits per heavy atom. The van der Waals surface area contributed by atoms with Crippen LogP contribution < -0.4 is 10.6 Å². The van der Waals surface area contributed by atoms with E-state index in [-0.39, 0.29) is 24.6 Å². The van der Waals surface area contributed by atoms with Crippen LogP contribution in [-0.4, -0.2) is 51.9 Å². The molecule has 0 bridgehead atoms. The highest BCUT2D eigenvalue weighted by Crippen LogP contribution is 2.26. The van der Waals surface area contributed by atoms with Crippen molar-refractivity contribution < 1.29 is 24.2 Å². The second-order valence-corrected chi connectivity index (χ2v) is 9.48. The molecule has 2 rings (SSSR count). The lowest BCUT2D eigenvalue weighted by molar-refractivity contribution is -0.142. The third kappa shape index (κ3) is 8.83. The maximum atomic E-state index is 13.6. The molecule has 35 heavy (non-hydrogen) atoms. The zero-order chi connectivity index (χ0) is 26.0. The average molecular weight is 502 g/mol. The molecule has 0 saturated heterocycles. The monoisotopic (exact) mass is 501 g/mol. The van der Waals surface area contributed by atoms with Gasteiger partial charge in [-0.25, -0.2) is 4.79 Å². The normalized spacial score (nSPS) is 12.8. The molecule has 0 aromatic heterocycles. The van der Waals surface area contributed by atoms with Crippen molar-refractivity contribution in [1.82, 2.24) is 15.5 Å². The minimum Gasteiger partial charge on any atom is -0.508 e. The summed E-state index contributed by atoms with van der Waals surface area (Å²) < 4.78 is 5.29. The number of nitrogens with one attached hydrogen (secondary N) is 2. The Morgan fingerprint density at radius 2 is 1.77 bits per heavy atom. The van der Waals surface area contributed by atoms with E-state index in [4.69, 9.17) is 4.74 Å². The van der Waals surface area contributed by atoms with Crippen LogP contribution >= 0.6 is 12.6 Å². The van der Waals surface area contributed by atoms with E-state index in [9.17, 15) is 19.5 Å². The highest BCUT2D eigenvalue weighted by atomic mass is 32.1. The fraction of sp³-hybridized carbons (Fsp3) is 0.423. The lowest BCUT2D eigenvalue weighted by Crippen LogP contribution is -2.54. The largest absolute Gasteiger partial charge is 0.508 e. The summed E-state index contributed by atoms with van der Waals surface area (Å²) in [6, 6.07) is 13.6. The number of phenols is 1. The Hall–Kier alpha value is -3.20. The summed E-state index contributed by atoms with van der Waals surface area (Å²) in [5, 5.41) is 15.5. The molecule has 2 atom stereocenters. The molecule has 0 aliphatic heterocycles. The van der Waals surface area contributed by atoms with E-state index in [2.05, 4.69) is 23.3 Å². The van der Waals surface area contributed by atoms with Gasteiger partial charge in [0.1, 0.15) is 23.4 Å². The maximum absolute atomic E-state index is 13.6. The lowest BCUT2D eigenvalue weighted by Gasteiger charge is -2.34. The minimum absolute atomic E-state index is 0.0106. The smallest absolute Gasteiger partial charge is 0.408 e. The molecular formula is C26H35N3O5S. The van der Waals surface area contributed by atoms with Crippen molar-refractivity contribution >= 4 is 30.5 Å². The third-order valence-corrected chi connectivity index (χ3v) is 5.34. The Bertz CT molecular complexity index is 994. The van der Waals surface area contributed by atoms with Crippen LogP contribution in [0.5, 0.6) is 5.75 Å². The lowest BCUT2D eigenvalue weighted by atomic mass is 10.0. The van der Waals surface area contributed by atoms with E-state index >= 15 is 0 Å². The van der Waals surface area contributed by atoms with E-state index in [1.807, 2.05) is 37.3 Å². The molecule has 0 aliphatic rings. The molecule has 9 heteroatoms. The summed E-state index contributed by atoms with van der Waals surface area (Å²) in [4.78, 5) is 40.8. The number of rotatable bonds is 10. The first-order chi connectivity index (χ1) is 16.6. The van der Waals surface area contributed by atoms with Crippen LogP contribution in [0.15, 0.2) is 54.6 Å². The number of amides is 3. The van der Waals surface area contributed by atoms with E-state index < -0.39 is 35.6 Å². The number of thiol groups is 1. The second-order valence-electron chi connectivity index (χ2n) is 9.11. The van der Waals surface area contributed by atoms with Gasteiger partial charge in [-0.05, 0) is 50.5 Å². The number of hydrogen-bond acceptors (Lipinski definition) is 6. The van der Waals surface area contributed by atoms with Crippen LogP contribution in [0, 0.1) is 0 Å². The Balaban J connectivity index is 2.35. The van der Waals surface area contributed by atoms with Gasteiger partial charge in [-0.1, -0.05) is 49.4 Å². The van der Waals surface area contributed by atoms with Gasteiger partial charge in [0.25, 0.3) is 0 Å². The van der Waals surface area contributed by atoms with Gasteiger partial charge in [0.15, 0.2) is 0 Å². The summed E-state index contributed by atoms with van der Waals surface area (Å²) >= 11 is 4.26. The van der Waals surface area contributed by atoms with Crippen molar-refractivity contribution in [3.8, 4) is 5.75 Å². The minimum atomic E-state index is -1.03. The zero-order valence-electron chi connectivity index (χ0n) is 20.7. The average Bonchev–Trinajstić information content (AvgIpc) is 2.80. The van der Waals surface area contributed by atoms with Crippen molar-refractivity contribution in [2.24, 2.45) is 0 Å². The molecule has 0 spiro atoms. The topological polar surface area (TPSA) is 108 Å². The highest BCUT2D eigenvalue weighted by molar-refractivity contribution is 7.80. The number of aromatic hydroxyl groups is 1. The number of nitrogens with zero attached hydrogens (tertiary/aromatic N) is 1. The number of phenolic OH excluding ortho intramolecular Hbond substituents is 1. The van der Waals surface area contributed by atoms with E-state index in [0.717, 1.165) is 5.56 Å². The zero-order valence-corrected chi connectivity index (χ0v) is 21.5. The molecule has 0 fully saturated rings. The van der Waals surface area contributed by atoms with Crippen LogP contribution in [0.1, 0.15) is 51.3 Å². The molecule has 2 aromatic rings. The maximum Gasteiger partial charge on any atom is 0.408 e. The number of benzene rings is 2. The molecule has 190 valence electrons. The predicted molar refractivity (Wildman–Crippen MR) is 138 cm³/mol. The fourth-order valence-electron chi connectivity index (χ4n) is 3.49. The van der Waals surface area contributed by atoms with Crippen molar-refractivity contribution in [1.29, 1.82) is 0 Å². The Kier molecular flexibility index (Phi) is 10.4. The molecule has 3 amide bonds. The summed E-state index contributed by atoms with van der Waals surface area (Å²) in [6.45, 7) is 7.58. The van der Waals surface area contributed by atoms with Crippen LogP contribution in [0.25, 0.3) is 0 Å². The second kappa shape index (κ2) is 13.0. The number of carbonyl (C=O) groups excluding carboxylic acids is 3.